The molecule has 0 aromatic rings. The number of carbonyl (C=O) groups is 2. The Bertz CT molecular complexity index is 338. The average molecular weight is 272 g/mol. The molecule has 1 fully saturated rings. The van der Waals surface area contributed by atoms with Crippen LogP contribution in [0.25, 0.3) is 0 Å². The first-order valence-electron chi connectivity index (χ1n) is 6.65. The molecule has 0 radical (unpaired) electrons. The summed E-state index contributed by atoms with van der Waals surface area (Å²) in [6, 6.07) is -0.461. The number of aliphatic hydroxyl groups is 2. The maximum atomic E-state index is 12.2. The van der Waals surface area contributed by atoms with Crippen molar-refractivity contribution in [2.45, 2.75) is 45.8 Å². The van der Waals surface area contributed by atoms with Crippen molar-refractivity contribution in [3.63, 3.8) is 0 Å². The summed E-state index contributed by atoms with van der Waals surface area (Å²) in [5.74, 6) is -0.296. The summed E-state index contributed by atoms with van der Waals surface area (Å²) < 4.78 is 0. The zero-order chi connectivity index (χ0) is 14.6. The van der Waals surface area contributed by atoms with Gasteiger partial charge in [-0.05, 0) is 12.8 Å². The van der Waals surface area contributed by atoms with Crippen molar-refractivity contribution in [3.8, 4) is 0 Å². The Morgan fingerprint density at radius 3 is 2.58 bits per heavy atom. The molecule has 1 aliphatic rings. The van der Waals surface area contributed by atoms with E-state index >= 15 is 0 Å². The van der Waals surface area contributed by atoms with Crippen LogP contribution in [0.1, 0.15) is 33.6 Å². The molecule has 3 N–H and O–H groups in total. The Morgan fingerprint density at radius 1 is 1.42 bits per heavy atom. The van der Waals surface area contributed by atoms with Crippen LogP contribution < -0.4 is 5.32 Å². The van der Waals surface area contributed by atoms with Gasteiger partial charge in [-0.3, -0.25) is 9.59 Å². The summed E-state index contributed by atoms with van der Waals surface area (Å²) in [6.45, 7) is 5.70. The lowest BCUT2D eigenvalue weighted by Crippen LogP contribution is -2.50. The van der Waals surface area contributed by atoms with Crippen molar-refractivity contribution in [3.05, 3.63) is 0 Å². The largest absolute Gasteiger partial charge is 0.394 e. The van der Waals surface area contributed by atoms with Gasteiger partial charge in [-0.2, -0.15) is 0 Å². The fraction of sp³-hybridized carbons (Fsp3) is 0.846. The molecular weight excluding hydrogens is 248 g/mol. The fourth-order valence-corrected chi connectivity index (χ4v) is 2.11. The molecule has 0 aliphatic carbocycles. The third kappa shape index (κ3) is 4.18. The molecule has 0 saturated carbocycles. The van der Waals surface area contributed by atoms with Gasteiger partial charge in [-0.25, -0.2) is 0 Å². The first-order valence-corrected chi connectivity index (χ1v) is 6.65. The molecule has 0 aromatic carbocycles. The molecular formula is C13H24N2O4. The maximum Gasteiger partial charge on any atom is 0.242 e. The highest BCUT2D eigenvalue weighted by Crippen LogP contribution is 2.25. The first kappa shape index (κ1) is 15.9. The average Bonchev–Trinajstić information content (AvgIpc) is 2.82. The van der Waals surface area contributed by atoms with E-state index in [0.717, 1.165) is 6.42 Å². The van der Waals surface area contributed by atoms with Gasteiger partial charge in [0.15, 0.2) is 0 Å². The van der Waals surface area contributed by atoms with E-state index < -0.39 is 24.2 Å². The van der Waals surface area contributed by atoms with E-state index in [4.69, 9.17) is 5.11 Å². The summed E-state index contributed by atoms with van der Waals surface area (Å²) in [4.78, 5) is 25.9. The molecule has 6 nitrogen and oxygen atoms in total. The molecule has 0 spiro atoms. The molecule has 2 amide bonds. The molecule has 0 bridgehead atoms. The van der Waals surface area contributed by atoms with Crippen LogP contribution in [-0.2, 0) is 9.59 Å². The first-order chi connectivity index (χ1) is 8.77. The molecule has 19 heavy (non-hydrogen) atoms. The van der Waals surface area contributed by atoms with E-state index in [1.807, 2.05) is 20.8 Å². The number of carbonyl (C=O) groups excluding carboxylic acids is 2. The summed E-state index contributed by atoms with van der Waals surface area (Å²) >= 11 is 0. The molecule has 1 saturated heterocycles. The van der Waals surface area contributed by atoms with Gasteiger partial charge in [-0.1, -0.05) is 20.8 Å². The van der Waals surface area contributed by atoms with E-state index in [1.165, 1.54) is 0 Å². The fourth-order valence-electron chi connectivity index (χ4n) is 2.11. The minimum atomic E-state index is -0.961. The number of hydrogen-bond donors (Lipinski definition) is 3. The monoisotopic (exact) mass is 272 g/mol. The Balaban J connectivity index is 2.61. The zero-order valence-corrected chi connectivity index (χ0v) is 11.8. The maximum absolute atomic E-state index is 12.2. The molecule has 6 heteroatoms. The third-order valence-electron chi connectivity index (χ3n) is 3.18. The van der Waals surface area contributed by atoms with Gasteiger partial charge in [-0.15, -0.1) is 0 Å². The van der Waals surface area contributed by atoms with E-state index in [-0.39, 0.29) is 18.4 Å². The Hall–Kier alpha value is -1.14. The van der Waals surface area contributed by atoms with Crippen molar-refractivity contribution in [1.29, 1.82) is 0 Å². The number of nitrogens with one attached hydrogen (secondary N) is 1. The van der Waals surface area contributed by atoms with Crippen molar-refractivity contribution < 1.29 is 19.8 Å². The number of likely N-dealkylation sites (tertiary alicyclic amines) is 1. The topological polar surface area (TPSA) is 89.9 Å². The second-order valence-corrected chi connectivity index (χ2v) is 5.99. The molecule has 1 aliphatic heterocycles. The number of aliphatic hydroxyl groups excluding tert-OH is 2. The van der Waals surface area contributed by atoms with Crippen LogP contribution >= 0.6 is 0 Å². The highest BCUT2D eigenvalue weighted by Gasteiger charge is 2.38. The van der Waals surface area contributed by atoms with Crippen molar-refractivity contribution in [1.82, 2.24) is 10.2 Å². The van der Waals surface area contributed by atoms with Crippen molar-refractivity contribution in [2.75, 3.05) is 19.7 Å². The van der Waals surface area contributed by atoms with Gasteiger partial charge in [0.05, 0.1) is 12.7 Å². The van der Waals surface area contributed by atoms with Crippen molar-refractivity contribution >= 4 is 11.8 Å². The van der Waals surface area contributed by atoms with Crippen LogP contribution in [0.5, 0.6) is 0 Å². The van der Waals surface area contributed by atoms with Crippen LogP contribution in [0.3, 0.4) is 0 Å². The van der Waals surface area contributed by atoms with Gasteiger partial charge in [0.2, 0.25) is 11.8 Å². The van der Waals surface area contributed by atoms with Crippen molar-refractivity contribution in [2.24, 2.45) is 5.41 Å². The van der Waals surface area contributed by atoms with Crippen LogP contribution in [0.4, 0.5) is 0 Å². The Labute approximate surface area is 113 Å². The lowest BCUT2D eigenvalue weighted by molar-refractivity contribution is -0.144. The number of nitrogens with zero attached hydrogens (tertiary/aromatic N) is 1. The number of hydrogen-bond acceptors (Lipinski definition) is 4. The van der Waals surface area contributed by atoms with Gasteiger partial charge in [0.1, 0.15) is 6.04 Å². The predicted octanol–water partition coefficient (Wildman–Crippen LogP) is -0.507. The van der Waals surface area contributed by atoms with Gasteiger partial charge in [0, 0.05) is 18.5 Å². The van der Waals surface area contributed by atoms with Crippen LogP contribution in [0.15, 0.2) is 0 Å². The van der Waals surface area contributed by atoms with E-state index in [2.05, 4.69) is 5.32 Å². The smallest absolute Gasteiger partial charge is 0.242 e. The quantitative estimate of drug-likeness (QED) is 0.643. The van der Waals surface area contributed by atoms with Crippen LogP contribution in [-0.4, -0.2) is 58.8 Å². The standard InChI is InChI=1S/C13H24N2O4/c1-13(2,3)12(19)15-6-4-5-10(15)11(18)14-7-9(17)8-16/h9-10,16-17H,4-8H2,1-3H3,(H,14,18). The molecule has 1 rings (SSSR count). The number of amides is 2. The SMILES string of the molecule is CC(C)(C)C(=O)N1CCCC1C(=O)NCC(O)CO. The lowest BCUT2D eigenvalue weighted by Gasteiger charge is -2.30. The minimum absolute atomic E-state index is 0.00335. The van der Waals surface area contributed by atoms with E-state index in [0.29, 0.717) is 13.0 Å². The highest BCUT2D eigenvalue weighted by molar-refractivity contribution is 5.90. The van der Waals surface area contributed by atoms with Crippen LogP contribution in [0, 0.1) is 5.41 Å². The molecule has 1 heterocycles. The third-order valence-corrected chi connectivity index (χ3v) is 3.18. The molecule has 2 unspecified atom stereocenters. The predicted molar refractivity (Wildman–Crippen MR) is 70.3 cm³/mol. The van der Waals surface area contributed by atoms with Crippen LogP contribution in [0.2, 0.25) is 0 Å². The van der Waals surface area contributed by atoms with Gasteiger partial charge >= 0.3 is 0 Å². The van der Waals surface area contributed by atoms with E-state index in [1.54, 1.807) is 4.90 Å². The highest BCUT2D eigenvalue weighted by atomic mass is 16.3. The van der Waals surface area contributed by atoms with Gasteiger partial charge < -0.3 is 20.4 Å². The summed E-state index contributed by atoms with van der Waals surface area (Å²) in [6.07, 6.45) is 0.489. The Kier molecular flexibility index (Phi) is 5.31. The van der Waals surface area contributed by atoms with E-state index in [9.17, 15) is 14.7 Å². The lowest BCUT2D eigenvalue weighted by atomic mass is 9.94. The summed E-state index contributed by atoms with van der Waals surface area (Å²) in [7, 11) is 0. The summed E-state index contributed by atoms with van der Waals surface area (Å²) in [5.41, 5.74) is -0.506. The second-order valence-electron chi connectivity index (χ2n) is 5.99. The molecule has 110 valence electrons. The molecule has 0 aromatic heterocycles. The zero-order valence-electron chi connectivity index (χ0n) is 11.8. The summed E-state index contributed by atoms with van der Waals surface area (Å²) in [5, 5.41) is 20.5. The normalized spacial score (nSPS) is 21.3. The minimum Gasteiger partial charge on any atom is -0.394 e. The Morgan fingerprint density at radius 2 is 2.05 bits per heavy atom. The van der Waals surface area contributed by atoms with Gasteiger partial charge in [0.25, 0.3) is 0 Å². The second kappa shape index (κ2) is 6.34. The molecule has 2 atom stereocenters. The number of rotatable bonds is 4.